The molecule has 0 bridgehead atoms. The highest BCUT2D eigenvalue weighted by Gasteiger charge is 2.25. The van der Waals surface area contributed by atoms with Crippen LogP contribution in [0, 0.1) is 17.6 Å². The highest BCUT2D eigenvalue weighted by Crippen LogP contribution is 2.28. The van der Waals surface area contributed by atoms with Crippen molar-refractivity contribution in [2.45, 2.75) is 44.6 Å². The van der Waals surface area contributed by atoms with E-state index in [9.17, 15) is 18.4 Å². The molecule has 2 fully saturated rings. The molecule has 0 radical (unpaired) electrons. The zero-order valence-electron chi connectivity index (χ0n) is 15.5. The lowest BCUT2D eigenvalue weighted by molar-refractivity contribution is -0.132. The van der Waals surface area contributed by atoms with Crippen molar-refractivity contribution in [2.75, 3.05) is 26.2 Å². The fraction of sp³-hybridized carbons (Fsp3) is 0.600. The van der Waals surface area contributed by atoms with Crippen LogP contribution in [0.3, 0.4) is 0 Å². The number of rotatable bonds is 8. The highest BCUT2D eigenvalue weighted by atomic mass is 19.1. The van der Waals surface area contributed by atoms with Gasteiger partial charge < -0.3 is 15.5 Å². The minimum absolute atomic E-state index is 0.0952. The summed E-state index contributed by atoms with van der Waals surface area (Å²) in [6, 6.07) is 3.36. The molecular weight excluding hydrogens is 352 g/mol. The van der Waals surface area contributed by atoms with E-state index in [1.807, 2.05) is 4.90 Å². The van der Waals surface area contributed by atoms with Crippen molar-refractivity contribution in [1.82, 2.24) is 15.5 Å². The maximum Gasteiger partial charge on any atom is 0.254 e. The molecule has 1 saturated carbocycles. The number of halogens is 2. The zero-order valence-corrected chi connectivity index (χ0v) is 15.5. The Morgan fingerprint density at radius 1 is 1.11 bits per heavy atom. The number of nitrogens with zero attached hydrogens (tertiary/aromatic N) is 1. The molecule has 1 saturated heterocycles. The second-order valence-corrected chi connectivity index (χ2v) is 7.49. The van der Waals surface area contributed by atoms with Crippen LogP contribution in [0.1, 0.15) is 48.9 Å². The van der Waals surface area contributed by atoms with Crippen molar-refractivity contribution in [3.8, 4) is 0 Å². The van der Waals surface area contributed by atoms with E-state index in [0.717, 1.165) is 50.5 Å². The van der Waals surface area contributed by atoms with Gasteiger partial charge in [-0.15, -0.1) is 0 Å². The SMILES string of the molecule is O=C(NCCCC(=O)N1CCC(NCC2CC2)CC1)c1ccc(F)cc1F. The summed E-state index contributed by atoms with van der Waals surface area (Å²) in [6.07, 6.45) is 5.50. The third-order valence-electron chi connectivity index (χ3n) is 5.27. The molecule has 27 heavy (non-hydrogen) atoms. The second kappa shape index (κ2) is 9.26. The Bertz CT molecular complexity index is 671. The fourth-order valence-corrected chi connectivity index (χ4v) is 3.36. The molecule has 2 amide bonds. The van der Waals surface area contributed by atoms with Crippen LogP contribution in [0.25, 0.3) is 0 Å². The summed E-state index contributed by atoms with van der Waals surface area (Å²) >= 11 is 0. The van der Waals surface area contributed by atoms with Gasteiger partial charge in [0.2, 0.25) is 5.91 Å². The van der Waals surface area contributed by atoms with Gasteiger partial charge in [-0.3, -0.25) is 9.59 Å². The zero-order chi connectivity index (χ0) is 19.2. The Balaban J connectivity index is 1.30. The number of hydrogen-bond donors (Lipinski definition) is 2. The standard InChI is InChI=1S/C20H27F2N3O2/c21-15-5-6-17(18(22)12-15)20(27)23-9-1-2-19(26)25-10-7-16(8-11-25)24-13-14-3-4-14/h5-6,12,14,16,24H,1-4,7-11,13H2,(H,23,27). The van der Waals surface area contributed by atoms with Gasteiger partial charge in [-0.25, -0.2) is 8.78 Å². The number of nitrogens with one attached hydrogen (secondary N) is 2. The second-order valence-electron chi connectivity index (χ2n) is 7.49. The van der Waals surface area contributed by atoms with Gasteiger partial charge in [-0.2, -0.15) is 0 Å². The van der Waals surface area contributed by atoms with Crippen molar-refractivity contribution in [3.05, 3.63) is 35.4 Å². The molecule has 2 aliphatic rings. The van der Waals surface area contributed by atoms with E-state index in [1.54, 1.807) is 0 Å². The number of carbonyl (C=O) groups is 2. The molecule has 148 valence electrons. The predicted molar refractivity (Wildman–Crippen MR) is 98.3 cm³/mol. The van der Waals surface area contributed by atoms with Gasteiger partial charge in [0.15, 0.2) is 0 Å². The van der Waals surface area contributed by atoms with Crippen LogP contribution in [0.4, 0.5) is 8.78 Å². The van der Waals surface area contributed by atoms with E-state index in [1.165, 1.54) is 12.8 Å². The van der Waals surface area contributed by atoms with Gasteiger partial charge in [-0.05, 0) is 56.7 Å². The van der Waals surface area contributed by atoms with Gasteiger partial charge in [-0.1, -0.05) is 0 Å². The average Bonchev–Trinajstić information content (AvgIpc) is 3.48. The van der Waals surface area contributed by atoms with Crippen LogP contribution in [0.2, 0.25) is 0 Å². The molecule has 0 unspecified atom stereocenters. The molecule has 5 nitrogen and oxygen atoms in total. The summed E-state index contributed by atoms with van der Waals surface area (Å²) in [5.41, 5.74) is -0.191. The molecule has 1 aliphatic heterocycles. The number of likely N-dealkylation sites (tertiary alicyclic amines) is 1. The Kier molecular flexibility index (Phi) is 6.77. The van der Waals surface area contributed by atoms with Crippen LogP contribution in [-0.4, -0.2) is 48.9 Å². The molecular formula is C20H27F2N3O2. The Labute approximate surface area is 158 Å². The first-order chi connectivity index (χ1) is 13.0. The molecule has 1 aromatic carbocycles. The third-order valence-corrected chi connectivity index (χ3v) is 5.27. The van der Waals surface area contributed by atoms with Crippen molar-refractivity contribution >= 4 is 11.8 Å². The normalized spacial score (nSPS) is 17.8. The van der Waals surface area contributed by atoms with Gasteiger partial charge >= 0.3 is 0 Å². The topological polar surface area (TPSA) is 61.4 Å². The fourth-order valence-electron chi connectivity index (χ4n) is 3.36. The van der Waals surface area contributed by atoms with Crippen molar-refractivity contribution < 1.29 is 18.4 Å². The van der Waals surface area contributed by atoms with Crippen LogP contribution < -0.4 is 10.6 Å². The maximum absolute atomic E-state index is 13.5. The van der Waals surface area contributed by atoms with Crippen molar-refractivity contribution in [2.24, 2.45) is 5.92 Å². The lowest BCUT2D eigenvalue weighted by Crippen LogP contribution is -2.45. The largest absolute Gasteiger partial charge is 0.352 e. The number of hydrogen-bond acceptors (Lipinski definition) is 3. The van der Waals surface area contributed by atoms with E-state index >= 15 is 0 Å². The van der Waals surface area contributed by atoms with E-state index in [0.29, 0.717) is 24.9 Å². The lowest BCUT2D eigenvalue weighted by atomic mass is 10.0. The molecule has 3 rings (SSSR count). The number of benzene rings is 1. The Morgan fingerprint density at radius 3 is 2.52 bits per heavy atom. The first-order valence-corrected chi connectivity index (χ1v) is 9.77. The summed E-state index contributed by atoms with van der Waals surface area (Å²) in [5, 5.41) is 6.17. The summed E-state index contributed by atoms with van der Waals surface area (Å²) in [4.78, 5) is 26.1. The van der Waals surface area contributed by atoms with Gasteiger partial charge in [0, 0.05) is 38.2 Å². The molecule has 1 heterocycles. The predicted octanol–water partition coefficient (Wildman–Crippen LogP) is 2.47. The number of carbonyl (C=O) groups excluding carboxylic acids is 2. The van der Waals surface area contributed by atoms with E-state index in [4.69, 9.17) is 0 Å². The minimum Gasteiger partial charge on any atom is -0.352 e. The summed E-state index contributed by atoms with van der Waals surface area (Å²) < 4.78 is 26.4. The molecule has 7 heteroatoms. The third kappa shape index (κ3) is 5.99. The van der Waals surface area contributed by atoms with Crippen molar-refractivity contribution in [1.29, 1.82) is 0 Å². The maximum atomic E-state index is 13.5. The summed E-state index contributed by atoms with van der Waals surface area (Å²) in [6.45, 7) is 2.93. The average molecular weight is 379 g/mol. The van der Waals surface area contributed by atoms with Crippen LogP contribution in [-0.2, 0) is 4.79 Å². The molecule has 0 aromatic heterocycles. The minimum atomic E-state index is -0.887. The van der Waals surface area contributed by atoms with E-state index in [-0.39, 0.29) is 18.0 Å². The molecule has 1 aliphatic carbocycles. The van der Waals surface area contributed by atoms with Gasteiger partial charge in [0.25, 0.3) is 5.91 Å². The molecule has 0 atom stereocenters. The van der Waals surface area contributed by atoms with Crippen LogP contribution in [0.15, 0.2) is 18.2 Å². The van der Waals surface area contributed by atoms with Crippen molar-refractivity contribution in [3.63, 3.8) is 0 Å². The van der Waals surface area contributed by atoms with Crippen LogP contribution >= 0.6 is 0 Å². The smallest absolute Gasteiger partial charge is 0.254 e. The summed E-state index contributed by atoms with van der Waals surface area (Å²) in [7, 11) is 0. The van der Waals surface area contributed by atoms with Crippen LogP contribution in [0.5, 0.6) is 0 Å². The molecule has 0 spiro atoms. The number of amides is 2. The van der Waals surface area contributed by atoms with Gasteiger partial charge in [0.1, 0.15) is 11.6 Å². The number of piperidine rings is 1. The monoisotopic (exact) mass is 379 g/mol. The first-order valence-electron chi connectivity index (χ1n) is 9.77. The van der Waals surface area contributed by atoms with E-state index < -0.39 is 17.5 Å². The molecule has 2 N–H and O–H groups in total. The van der Waals surface area contributed by atoms with E-state index in [2.05, 4.69) is 10.6 Å². The highest BCUT2D eigenvalue weighted by molar-refractivity contribution is 5.94. The summed E-state index contributed by atoms with van der Waals surface area (Å²) in [5.74, 6) is -1.24. The first kappa shape index (κ1) is 19.7. The Hall–Kier alpha value is -2.02. The quantitative estimate of drug-likeness (QED) is 0.682. The molecule has 1 aromatic rings. The Morgan fingerprint density at radius 2 is 1.85 bits per heavy atom. The lowest BCUT2D eigenvalue weighted by Gasteiger charge is -2.32. The van der Waals surface area contributed by atoms with Gasteiger partial charge in [0.05, 0.1) is 5.56 Å².